The highest BCUT2D eigenvalue weighted by Gasteiger charge is 2.30. The molecule has 0 aliphatic heterocycles. The Bertz CT molecular complexity index is 458. The lowest BCUT2D eigenvalue weighted by Gasteiger charge is -2.25. The fourth-order valence-electron chi connectivity index (χ4n) is 1.66. The molecule has 5 nitrogen and oxygen atoms in total. The van der Waals surface area contributed by atoms with Gasteiger partial charge >= 0.3 is 0 Å². The van der Waals surface area contributed by atoms with Crippen molar-refractivity contribution in [2.45, 2.75) is 44.1 Å². The quantitative estimate of drug-likeness (QED) is 0.810. The van der Waals surface area contributed by atoms with Crippen molar-refractivity contribution in [3.05, 3.63) is 11.8 Å². The van der Waals surface area contributed by atoms with Crippen molar-refractivity contribution < 1.29 is 8.42 Å². The molecular formula is C10H18ClN3O2S. The van der Waals surface area contributed by atoms with Gasteiger partial charge in [0, 0.05) is 18.2 Å². The molecule has 0 saturated carbocycles. The summed E-state index contributed by atoms with van der Waals surface area (Å²) in [6, 6.07) is -0.0449. The van der Waals surface area contributed by atoms with Crippen molar-refractivity contribution in [2.24, 2.45) is 0 Å². The van der Waals surface area contributed by atoms with Crippen LogP contribution in [0.1, 0.15) is 32.8 Å². The van der Waals surface area contributed by atoms with Crippen LogP contribution < -0.4 is 0 Å². The largest absolute Gasteiger partial charge is 0.266 e. The second-order valence-electron chi connectivity index (χ2n) is 3.82. The van der Waals surface area contributed by atoms with Crippen LogP contribution >= 0.6 is 11.6 Å². The van der Waals surface area contributed by atoms with Crippen LogP contribution in [0.25, 0.3) is 0 Å². The van der Waals surface area contributed by atoms with Crippen molar-refractivity contribution in [1.82, 2.24) is 14.5 Å². The molecule has 0 spiro atoms. The molecule has 0 aliphatic carbocycles. The molecule has 7 heteroatoms. The number of hydrogen-bond donors (Lipinski definition) is 1. The van der Waals surface area contributed by atoms with Crippen LogP contribution in [0.3, 0.4) is 0 Å². The average molecular weight is 280 g/mol. The molecule has 1 heterocycles. The van der Waals surface area contributed by atoms with Gasteiger partial charge in [-0.15, -0.1) is 11.6 Å². The highest BCUT2D eigenvalue weighted by molar-refractivity contribution is 7.89. The molecule has 1 unspecified atom stereocenters. The number of aromatic nitrogens is 2. The molecule has 0 aromatic carbocycles. The zero-order chi connectivity index (χ0) is 13.1. The second kappa shape index (κ2) is 5.84. The average Bonchev–Trinajstić information content (AvgIpc) is 2.78. The number of aromatic amines is 1. The summed E-state index contributed by atoms with van der Waals surface area (Å²) in [5.74, 6) is 0.128. The number of halogens is 1. The van der Waals surface area contributed by atoms with Gasteiger partial charge in [-0.25, -0.2) is 8.42 Å². The topological polar surface area (TPSA) is 66.1 Å². The summed E-state index contributed by atoms with van der Waals surface area (Å²) >= 11 is 5.70. The fourth-order valence-corrected chi connectivity index (χ4v) is 3.76. The van der Waals surface area contributed by atoms with E-state index in [1.165, 1.54) is 10.5 Å². The minimum atomic E-state index is -3.53. The first-order chi connectivity index (χ1) is 7.98. The highest BCUT2D eigenvalue weighted by Crippen LogP contribution is 2.21. The Balaban J connectivity index is 3.17. The molecule has 0 saturated heterocycles. The van der Waals surface area contributed by atoms with Crippen LogP contribution in [0, 0.1) is 0 Å². The number of sulfonamides is 1. The van der Waals surface area contributed by atoms with Gasteiger partial charge in [-0.1, -0.05) is 13.8 Å². The maximum Gasteiger partial charge on any atom is 0.260 e. The summed E-state index contributed by atoms with van der Waals surface area (Å²) in [4.78, 5) is 0. The first kappa shape index (κ1) is 14.5. The van der Waals surface area contributed by atoms with Gasteiger partial charge in [0.2, 0.25) is 0 Å². The zero-order valence-corrected chi connectivity index (χ0v) is 11.8. The van der Waals surface area contributed by atoms with Gasteiger partial charge in [0.25, 0.3) is 10.0 Å². The smallest absolute Gasteiger partial charge is 0.260 e. The molecule has 1 N–H and O–H groups in total. The monoisotopic (exact) mass is 279 g/mol. The number of H-pyrrole nitrogens is 1. The Kier molecular flexibility index (Phi) is 4.97. The number of rotatable bonds is 6. The van der Waals surface area contributed by atoms with Crippen LogP contribution in [-0.2, 0) is 15.9 Å². The fraction of sp³-hybridized carbons (Fsp3) is 0.700. The lowest BCUT2D eigenvalue weighted by atomic mass is 10.3. The number of alkyl halides is 1. The van der Waals surface area contributed by atoms with Gasteiger partial charge in [0.15, 0.2) is 5.03 Å². The number of nitrogens with zero attached hydrogens (tertiary/aromatic N) is 2. The van der Waals surface area contributed by atoms with Crippen molar-refractivity contribution in [2.75, 3.05) is 6.54 Å². The molecule has 0 aliphatic rings. The normalized spacial score (nSPS) is 14.2. The Labute approximate surface area is 107 Å². The van der Waals surface area contributed by atoms with Gasteiger partial charge in [-0.3, -0.25) is 5.10 Å². The first-order valence-corrected chi connectivity index (χ1v) is 7.56. The summed E-state index contributed by atoms with van der Waals surface area (Å²) in [6.45, 7) is 6.09. The maximum atomic E-state index is 12.4. The summed E-state index contributed by atoms with van der Waals surface area (Å²) in [5, 5.41) is 6.38. The number of nitrogens with one attached hydrogen (secondary N) is 1. The van der Waals surface area contributed by atoms with Crippen LogP contribution in [0.4, 0.5) is 0 Å². The van der Waals surface area contributed by atoms with Crippen molar-refractivity contribution in [3.63, 3.8) is 0 Å². The van der Waals surface area contributed by atoms with Gasteiger partial charge in [0.1, 0.15) is 0 Å². The lowest BCUT2D eigenvalue weighted by molar-refractivity contribution is 0.341. The second-order valence-corrected chi connectivity index (χ2v) is 5.92. The van der Waals surface area contributed by atoms with E-state index in [0.717, 1.165) is 6.42 Å². The standard InChI is InChI=1S/C10H18ClN3O2S/c1-4-8(3)14(5-2)17(15,16)10-9(6-11)7-12-13-10/h7-8H,4-6H2,1-3H3,(H,12,13). The predicted molar refractivity (Wildman–Crippen MR) is 67.5 cm³/mol. The van der Waals surface area contributed by atoms with Crippen LogP contribution in [0.15, 0.2) is 11.2 Å². The van der Waals surface area contributed by atoms with E-state index in [1.54, 1.807) is 0 Å². The third kappa shape index (κ3) is 2.81. The first-order valence-electron chi connectivity index (χ1n) is 5.59. The van der Waals surface area contributed by atoms with Gasteiger partial charge in [-0.05, 0) is 13.3 Å². The molecular weight excluding hydrogens is 262 g/mol. The highest BCUT2D eigenvalue weighted by atomic mass is 35.5. The molecule has 17 heavy (non-hydrogen) atoms. The van der Waals surface area contributed by atoms with E-state index in [0.29, 0.717) is 12.1 Å². The van der Waals surface area contributed by atoms with Crippen molar-refractivity contribution in [3.8, 4) is 0 Å². The third-order valence-corrected chi connectivity index (χ3v) is 5.18. The molecule has 1 rings (SSSR count). The van der Waals surface area contributed by atoms with E-state index < -0.39 is 10.0 Å². The van der Waals surface area contributed by atoms with E-state index in [2.05, 4.69) is 10.2 Å². The number of hydrogen-bond acceptors (Lipinski definition) is 3. The van der Waals surface area contributed by atoms with Crippen LogP contribution in [0.2, 0.25) is 0 Å². The molecule has 98 valence electrons. The Morgan fingerprint density at radius 1 is 1.53 bits per heavy atom. The van der Waals surface area contributed by atoms with Gasteiger partial charge in [0.05, 0.1) is 12.1 Å². The van der Waals surface area contributed by atoms with Crippen LogP contribution in [-0.4, -0.2) is 35.5 Å². The van der Waals surface area contributed by atoms with E-state index in [1.807, 2.05) is 20.8 Å². The van der Waals surface area contributed by atoms with E-state index in [9.17, 15) is 8.42 Å². The summed E-state index contributed by atoms with van der Waals surface area (Å²) < 4.78 is 26.3. The summed E-state index contributed by atoms with van der Waals surface area (Å²) in [6.07, 6.45) is 2.21. The SMILES string of the molecule is CCC(C)N(CC)S(=O)(=O)c1[nH]ncc1CCl. The minimum absolute atomic E-state index is 0.0449. The van der Waals surface area contributed by atoms with E-state index >= 15 is 0 Å². The molecule has 0 fully saturated rings. The van der Waals surface area contributed by atoms with E-state index in [4.69, 9.17) is 11.6 Å². The van der Waals surface area contributed by atoms with Crippen molar-refractivity contribution >= 4 is 21.6 Å². The van der Waals surface area contributed by atoms with Crippen molar-refractivity contribution in [1.29, 1.82) is 0 Å². The molecule has 1 aromatic heterocycles. The maximum absolute atomic E-state index is 12.4. The van der Waals surface area contributed by atoms with Gasteiger partial charge < -0.3 is 0 Å². The summed E-state index contributed by atoms with van der Waals surface area (Å²) in [7, 11) is -3.53. The van der Waals surface area contributed by atoms with Crippen LogP contribution in [0.5, 0.6) is 0 Å². The van der Waals surface area contributed by atoms with Gasteiger partial charge in [-0.2, -0.15) is 9.40 Å². The predicted octanol–water partition coefficient (Wildman–Crippen LogP) is 1.96. The Hall–Kier alpha value is -0.590. The lowest BCUT2D eigenvalue weighted by Crippen LogP contribution is -2.38. The molecule has 0 radical (unpaired) electrons. The molecule has 0 bridgehead atoms. The molecule has 1 atom stereocenters. The molecule has 1 aromatic rings. The molecule has 0 amide bonds. The Morgan fingerprint density at radius 2 is 2.18 bits per heavy atom. The zero-order valence-electron chi connectivity index (χ0n) is 10.3. The Morgan fingerprint density at radius 3 is 2.65 bits per heavy atom. The van der Waals surface area contributed by atoms with E-state index in [-0.39, 0.29) is 16.9 Å². The minimum Gasteiger partial charge on any atom is -0.266 e. The third-order valence-electron chi connectivity index (χ3n) is 2.78. The summed E-state index contributed by atoms with van der Waals surface area (Å²) in [5.41, 5.74) is 0.508.